The molecular formula is C15H18O4. The molecule has 0 saturated heterocycles. The number of hydrogen-bond acceptors (Lipinski definition) is 4. The predicted octanol–water partition coefficient (Wildman–Crippen LogP) is 2.19. The highest BCUT2D eigenvalue weighted by Crippen LogP contribution is 2.26. The van der Waals surface area contributed by atoms with Crippen molar-refractivity contribution < 1.29 is 19.4 Å². The number of benzene rings is 1. The van der Waals surface area contributed by atoms with E-state index in [2.05, 4.69) is 6.58 Å². The lowest BCUT2D eigenvalue weighted by Crippen LogP contribution is -2.35. The molecule has 0 heterocycles. The molecule has 0 aliphatic rings. The van der Waals surface area contributed by atoms with Gasteiger partial charge in [0.05, 0.1) is 13.7 Å². The lowest BCUT2D eigenvalue weighted by atomic mass is 9.93. The first-order chi connectivity index (χ1) is 9.08. The summed E-state index contributed by atoms with van der Waals surface area (Å²) in [6, 6.07) is 6.56. The quantitative estimate of drug-likeness (QED) is 0.630. The lowest BCUT2D eigenvalue weighted by molar-refractivity contribution is -0.160. The minimum atomic E-state index is -1.82. The second kappa shape index (κ2) is 6.75. The van der Waals surface area contributed by atoms with E-state index >= 15 is 0 Å². The van der Waals surface area contributed by atoms with Gasteiger partial charge in [-0.3, -0.25) is 0 Å². The number of carbonyl (C=O) groups excluding carboxylic acids is 1. The first-order valence-corrected chi connectivity index (χ1v) is 5.92. The van der Waals surface area contributed by atoms with Crippen molar-refractivity contribution in [2.24, 2.45) is 0 Å². The maximum Gasteiger partial charge on any atom is 0.347 e. The first-order valence-electron chi connectivity index (χ1n) is 5.92. The van der Waals surface area contributed by atoms with Crippen molar-refractivity contribution in [3.8, 4) is 5.75 Å². The van der Waals surface area contributed by atoms with Crippen molar-refractivity contribution in [2.75, 3.05) is 13.7 Å². The Morgan fingerprint density at radius 2 is 2.05 bits per heavy atom. The Morgan fingerprint density at radius 1 is 1.42 bits per heavy atom. The molecule has 0 aliphatic carbocycles. The van der Waals surface area contributed by atoms with Crippen LogP contribution in [0, 0.1) is 0 Å². The van der Waals surface area contributed by atoms with Crippen LogP contribution < -0.4 is 4.74 Å². The fraction of sp³-hybridized carbons (Fsp3) is 0.267. The summed E-state index contributed by atoms with van der Waals surface area (Å²) in [6.07, 6.45) is 4.33. The molecule has 1 aromatic carbocycles. The smallest absolute Gasteiger partial charge is 0.347 e. The van der Waals surface area contributed by atoms with E-state index in [9.17, 15) is 9.90 Å². The number of esters is 1. The van der Waals surface area contributed by atoms with Crippen LogP contribution in [0.4, 0.5) is 0 Å². The number of hydrogen-bond donors (Lipinski definition) is 1. The van der Waals surface area contributed by atoms with E-state index in [-0.39, 0.29) is 6.61 Å². The van der Waals surface area contributed by atoms with Gasteiger partial charge in [0.25, 0.3) is 0 Å². The summed E-state index contributed by atoms with van der Waals surface area (Å²) in [5, 5.41) is 10.5. The van der Waals surface area contributed by atoms with Crippen molar-refractivity contribution in [3.05, 3.63) is 54.6 Å². The third-order valence-corrected chi connectivity index (χ3v) is 2.59. The van der Waals surface area contributed by atoms with Crippen LogP contribution in [-0.2, 0) is 15.1 Å². The van der Waals surface area contributed by atoms with E-state index < -0.39 is 11.6 Å². The maximum absolute atomic E-state index is 11.9. The van der Waals surface area contributed by atoms with Gasteiger partial charge in [0, 0.05) is 0 Å². The molecule has 0 bridgehead atoms. The highest BCUT2D eigenvalue weighted by atomic mass is 16.5. The Kier molecular flexibility index (Phi) is 5.33. The molecule has 0 spiro atoms. The van der Waals surface area contributed by atoms with Gasteiger partial charge in [-0.25, -0.2) is 4.79 Å². The number of methoxy groups -OCH3 is 1. The predicted molar refractivity (Wildman–Crippen MR) is 72.9 cm³/mol. The van der Waals surface area contributed by atoms with E-state index in [0.29, 0.717) is 11.3 Å². The highest BCUT2D eigenvalue weighted by molar-refractivity contribution is 5.83. The van der Waals surface area contributed by atoms with E-state index in [0.717, 1.165) is 0 Å². The SMILES string of the molecule is C=C/C=C/C(O)(C(=O)OCC)c1ccc(OC)cc1. The van der Waals surface area contributed by atoms with Crippen LogP contribution in [0.25, 0.3) is 0 Å². The van der Waals surface area contributed by atoms with Crippen LogP contribution in [0.3, 0.4) is 0 Å². The van der Waals surface area contributed by atoms with Crippen molar-refractivity contribution >= 4 is 5.97 Å². The van der Waals surface area contributed by atoms with Crippen LogP contribution in [0.15, 0.2) is 49.1 Å². The van der Waals surface area contributed by atoms with Crippen molar-refractivity contribution in [3.63, 3.8) is 0 Å². The lowest BCUT2D eigenvalue weighted by Gasteiger charge is -2.22. The van der Waals surface area contributed by atoms with E-state index in [1.54, 1.807) is 38.3 Å². The molecule has 0 aromatic heterocycles. The number of rotatable bonds is 6. The molecule has 0 saturated carbocycles. The Balaban J connectivity index is 3.17. The number of allylic oxidation sites excluding steroid dienone is 2. The molecule has 1 atom stereocenters. The zero-order valence-electron chi connectivity index (χ0n) is 11.1. The summed E-state index contributed by atoms with van der Waals surface area (Å²) in [7, 11) is 1.55. The molecule has 1 aromatic rings. The van der Waals surface area contributed by atoms with Crippen LogP contribution in [0.5, 0.6) is 5.75 Å². The van der Waals surface area contributed by atoms with Crippen molar-refractivity contribution in [1.29, 1.82) is 0 Å². The highest BCUT2D eigenvalue weighted by Gasteiger charge is 2.36. The third-order valence-electron chi connectivity index (χ3n) is 2.59. The van der Waals surface area contributed by atoms with Gasteiger partial charge in [0.15, 0.2) is 0 Å². The second-order valence-electron chi connectivity index (χ2n) is 3.81. The zero-order chi connectivity index (χ0) is 14.3. The fourth-order valence-electron chi connectivity index (χ4n) is 1.58. The number of ether oxygens (including phenoxy) is 2. The molecule has 0 aliphatic heterocycles. The molecule has 19 heavy (non-hydrogen) atoms. The average Bonchev–Trinajstić information content (AvgIpc) is 2.45. The minimum absolute atomic E-state index is 0.194. The summed E-state index contributed by atoms with van der Waals surface area (Å²) in [6.45, 7) is 5.40. The molecular weight excluding hydrogens is 244 g/mol. The normalized spacial score (nSPS) is 13.8. The Labute approximate surface area is 113 Å². The summed E-state index contributed by atoms with van der Waals surface area (Å²) in [5.74, 6) is -0.0825. The summed E-state index contributed by atoms with van der Waals surface area (Å²) < 4.78 is 9.95. The molecule has 0 radical (unpaired) electrons. The monoisotopic (exact) mass is 262 g/mol. The maximum atomic E-state index is 11.9. The van der Waals surface area contributed by atoms with Gasteiger partial charge < -0.3 is 14.6 Å². The van der Waals surface area contributed by atoms with Gasteiger partial charge >= 0.3 is 5.97 Å². The fourth-order valence-corrected chi connectivity index (χ4v) is 1.58. The van der Waals surface area contributed by atoms with E-state index in [1.807, 2.05) is 0 Å². The number of carbonyl (C=O) groups is 1. The average molecular weight is 262 g/mol. The Bertz CT molecular complexity index is 462. The molecule has 1 rings (SSSR count). The third kappa shape index (κ3) is 3.45. The minimum Gasteiger partial charge on any atom is -0.497 e. The van der Waals surface area contributed by atoms with Crippen molar-refractivity contribution in [2.45, 2.75) is 12.5 Å². The number of aliphatic hydroxyl groups is 1. The van der Waals surface area contributed by atoms with Gasteiger partial charge in [-0.2, -0.15) is 0 Å². The molecule has 0 amide bonds. The topological polar surface area (TPSA) is 55.8 Å². The van der Waals surface area contributed by atoms with Crippen LogP contribution in [0.1, 0.15) is 12.5 Å². The van der Waals surface area contributed by atoms with E-state index in [4.69, 9.17) is 9.47 Å². The van der Waals surface area contributed by atoms with Gasteiger partial charge in [-0.15, -0.1) is 0 Å². The Morgan fingerprint density at radius 3 is 2.53 bits per heavy atom. The largest absolute Gasteiger partial charge is 0.497 e. The summed E-state index contributed by atoms with van der Waals surface area (Å²) in [4.78, 5) is 11.9. The van der Waals surface area contributed by atoms with Gasteiger partial charge in [0.1, 0.15) is 5.75 Å². The van der Waals surface area contributed by atoms with Gasteiger partial charge in [0.2, 0.25) is 5.60 Å². The van der Waals surface area contributed by atoms with E-state index in [1.165, 1.54) is 18.2 Å². The van der Waals surface area contributed by atoms with Crippen LogP contribution in [0.2, 0.25) is 0 Å². The van der Waals surface area contributed by atoms with Gasteiger partial charge in [-0.05, 0) is 30.7 Å². The molecule has 0 fully saturated rings. The summed E-state index contributed by atoms with van der Waals surface area (Å²) in [5.41, 5.74) is -1.42. The molecule has 1 N–H and O–H groups in total. The zero-order valence-corrected chi connectivity index (χ0v) is 11.1. The van der Waals surface area contributed by atoms with Gasteiger partial charge in [-0.1, -0.05) is 30.9 Å². The molecule has 102 valence electrons. The summed E-state index contributed by atoms with van der Waals surface area (Å²) >= 11 is 0. The second-order valence-corrected chi connectivity index (χ2v) is 3.81. The molecule has 1 unspecified atom stereocenters. The first kappa shape index (κ1) is 15.0. The standard InChI is InChI=1S/C15H18O4/c1-4-6-11-15(17,14(16)19-5-2)12-7-9-13(18-3)10-8-12/h4,6-11,17H,1,5H2,2-3H3/b11-6+. The molecule has 4 heteroatoms. The Hall–Kier alpha value is -2.07. The molecule has 4 nitrogen and oxygen atoms in total. The van der Waals surface area contributed by atoms with Crippen molar-refractivity contribution in [1.82, 2.24) is 0 Å². The van der Waals surface area contributed by atoms with Crippen LogP contribution in [-0.4, -0.2) is 24.8 Å². The van der Waals surface area contributed by atoms with Crippen LogP contribution >= 0.6 is 0 Å².